The van der Waals surface area contributed by atoms with E-state index >= 15 is 0 Å². The topological polar surface area (TPSA) is 93.9 Å². The van der Waals surface area contributed by atoms with Crippen LogP contribution >= 0.6 is 0 Å². The largest absolute Gasteiger partial charge is 0.493 e. The second-order valence-electron chi connectivity index (χ2n) is 6.83. The number of anilines is 2. The first kappa shape index (κ1) is 21.6. The molecule has 0 aliphatic carbocycles. The van der Waals surface area contributed by atoms with Gasteiger partial charge in [-0.25, -0.2) is 0 Å². The van der Waals surface area contributed by atoms with Crippen LogP contribution in [0.4, 0.5) is 17.1 Å². The molecule has 8 heteroatoms. The maximum absolute atomic E-state index is 12.9. The summed E-state index contributed by atoms with van der Waals surface area (Å²) in [5.74, 6) is 0.828. The fourth-order valence-electron chi connectivity index (χ4n) is 3.14. The van der Waals surface area contributed by atoms with Gasteiger partial charge in [-0.15, -0.1) is 0 Å². The van der Waals surface area contributed by atoms with E-state index in [-0.39, 0.29) is 17.2 Å². The quantitative estimate of drug-likeness (QED) is 0.421. The third-order valence-corrected chi connectivity index (χ3v) is 4.71. The summed E-state index contributed by atoms with van der Waals surface area (Å²) in [5.41, 5.74) is 1.93. The summed E-state index contributed by atoms with van der Waals surface area (Å²) < 4.78 is 10.5. The number of carbonyl (C=O) groups is 1. The van der Waals surface area contributed by atoms with Crippen LogP contribution in [-0.2, 0) is 6.54 Å². The SMILES string of the molecule is COc1ccc(CN(C)C(=O)c2ccc(Nc3ccccc3)c([N+](=O)[O-])c2)cc1OC. The van der Waals surface area contributed by atoms with Gasteiger partial charge in [0.05, 0.1) is 19.1 Å². The lowest BCUT2D eigenvalue weighted by atomic mass is 10.1. The Balaban J connectivity index is 1.80. The molecule has 0 unspecified atom stereocenters. The van der Waals surface area contributed by atoms with Gasteiger partial charge in [0.15, 0.2) is 11.5 Å². The van der Waals surface area contributed by atoms with E-state index in [0.29, 0.717) is 23.7 Å². The molecule has 0 fully saturated rings. The smallest absolute Gasteiger partial charge is 0.293 e. The fraction of sp³-hybridized carbons (Fsp3) is 0.174. The van der Waals surface area contributed by atoms with Crippen LogP contribution in [0.1, 0.15) is 15.9 Å². The van der Waals surface area contributed by atoms with Crippen molar-refractivity contribution >= 4 is 23.0 Å². The number of nitro groups is 1. The molecule has 3 rings (SSSR count). The summed E-state index contributed by atoms with van der Waals surface area (Å²) in [6.07, 6.45) is 0. The molecule has 8 nitrogen and oxygen atoms in total. The van der Waals surface area contributed by atoms with Gasteiger partial charge in [-0.1, -0.05) is 24.3 Å². The van der Waals surface area contributed by atoms with Crippen LogP contribution in [0.25, 0.3) is 0 Å². The van der Waals surface area contributed by atoms with Gasteiger partial charge in [-0.05, 0) is 42.0 Å². The molecule has 1 N–H and O–H groups in total. The highest BCUT2D eigenvalue weighted by atomic mass is 16.6. The number of benzene rings is 3. The monoisotopic (exact) mass is 421 g/mol. The van der Waals surface area contributed by atoms with E-state index in [4.69, 9.17) is 9.47 Å². The molecule has 0 saturated heterocycles. The zero-order valence-electron chi connectivity index (χ0n) is 17.5. The van der Waals surface area contributed by atoms with Gasteiger partial charge >= 0.3 is 0 Å². The van der Waals surface area contributed by atoms with Crippen LogP contribution in [0, 0.1) is 10.1 Å². The molecule has 0 aliphatic rings. The first-order valence-electron chi connectivity index (χ1n) is 9.49. The lowest BCUT2D eigenvalue weighted by Crippen LogP contribution is -2.26. The number of hydrogen-bond acceptors (Lipinski definition) is 6. The summed E-state index contributed by atoms with van der Waals surface area (Å²) >= 11 is 0. The second kappa shape index (κ2) is 9.62. The van der Waals surface area contributed by atoms with Crippen molar-refractivity contribution in [3.8, 4) is 11.5 Å². The number of ether oxygens (including phenoxy) is 2. The molecule has 31 heavy (non-hydrogen) atoms. The summed E-state index contributed by atoms with van der Waals surface area (Å²) in [6, 6.07) is 18.9. The van der Waals surface area contributed by atoms with Crippen LogP contribution in [0.3, 0.4) is 0 Å². The number of carbonyl (C=O) groups excluding carboxylic acids is 1. The molecular formula is C23H23N3O5. The van der Waals surface area contributed by atoms with Gasteiger partial charge in [-0.3, -0.25) is 14.9 Å². The van der Waals surface area contributed by atoms with Gasteiger partial charge in [-0.2, -0.15) is 0 Å². The van der Waals surface area contributed by atoms with Crippen molar-refractivity contribution in [2.24, 2.45) is 0 Å². The number of nitro benzene ring substituents is 1. The van der Waals surface area contributed by atoms with Crippen molar-refractivity contribution in [2.75, 3.05) is 26.6 Å². The number of hydrogen-bond donors (Lipinski definition) is 1. The predicted octanol–water partition coefficient (Wildman–Crippen LogP) is 4.63. The molecule has 0 heterocycles. The normalized spacial score (nSPS) is 10.3. The Hall–Kier alpha value is -4.07. The molecule has 0 aliphatic heterocycles. The zero-order valence-corrected chi connectivity index (χ0v) is 17.5. The molecule has 0 saturated carbocycles. The minimum absolute atomic E-state index is 0.172. The van der Waals surface area contributed by atoms with Gasteiger partial charge < -0.3 is 19.7 Å². The van der Waals surface area contributed by atoms with Crippen LogP contribution in [0.2, 0.25) is 0 Å². The number of para-hydroxylation sites is 1. The second-order valence-corrected chi connectivity index (χ2v) is 6.83. The van der Waals surface area contributed by atoms with E-state index in [9.17, 15) is 14.9 Å². The Morgan fingerprint density at radius 3 is 2.35 bits per heavy atom. The van der Waals surface area contributed by atoms with Gasteiger partial charge in [0, 0.05) is 30.9 Å². The highest BCUT2D eigenvalue weighted by molar-refractivity contribution is 5.95. The molecule has 1 amide bonds. The maximum atomic E-state index is 12.9. The van der Waals surface area contributed by atoms with E-state index in [1.54, 1.807) is 57.7 Å². The first-order valence-corrected chi connectivity index (χ1v) is 9.49. The molecule has 0 spiro atoms. The Bertz CT molecular complexity index is 1090. The van der Waals surface area contributed by atoms with Gasteiger partial charge in [0.25, 0.3) is 11.6 Å². The average molecular weight is 421 g/mol. The van der Waals surface area contributed by atoms with Crippen LogP contribution in [0.5, 0.6) is 11.5 Å². The van der Waals surface area contributed by atoms with Crippen molar-refractivity contribution < 1.29 is 19.2 Å². The van der Waals surface area contributed by atoms with E-state index < -0.39 is 4.92 Å². The highest BCUT2D eigenvalue weighted by Gasteiger charge is 2.20. The molecule has 160 valence electrons. The van der Waals surface area contributed by atoms with Crippen molar-refractivity contribution in [1.29, 1.82) is 0 Å². The lowest BCUT2D eigenvalue weighted by molar-refractivity contribution is -0.383. The number of amides is 1. The first-order chi connectivity index (χ1) is 14.9. The van der Waals surface area contributed by atoms with Crippen molar-refractivity contribution in [2.45, 2.75) is 6.54 Å². The number of nitrogens with one attached hydrogen (secondary N) is 1. The third-order valence-electron chi connectivity index (χ3n) is 4.71. The molecule has 0 aromatic heterocycles. The molecular weight excluding hydrogens is 398 g/mol. The van der Waals surface area contributed by atoms with E-state index in [1.807, 2.05) is 24.3 Å². The summed E-state index contributed by atoms with van der Waals surface area (Å²) in [7, 11) is 4.73. The Kier molecular flexibility index (Phi) is 6.71. The van der Waals surface area contributed by atoms with E-state index in [1.165, 1.54) is 11.0 Å². The molecule has 0 bridgehead atoms. The Morgan fingerprint density at radius 1 is 1.00 bits per heavy atom. The number of nitrogens with zero attached hydrogens (tertiary/aromatic N) is 2. The van der Waals surface area contributed by atoms with Crippen LogP contribution in [0.15, 0.2) is 66.7 Å². The minimum atomic E-state index is -0.504. The molecule has 3 aromatic rings. The standard InChI is InChI=1S/C23H23N3O5/c1-25(15-16-9-12-21(30-2)22(13-16)31-3)23(27)17-10-11-19(20(14-17)26(28)29)24-18-7-5-4-6-8-18/h4-14,24H,15H2,1-3H3. The molecule has 0 atom stereocenters. The maximum Gasteiger partial charge on any atom is 0.293 e. The van der Waals surface area contributed by atoms with Gasteiger partial charge in [0.2, 0.25) is 0 Å². The van der Waals surface area contributed by atoms with Crippen LogP contribution in [-0.4, -0.2) is 37.0 Å². The minimum Gasteiger partial charge on any atom is -0.493 e. The molecule has 3 aromatic carbocycles. The summed E-state index contributed by atoms with van der Waals surface area (Å²) in [4.78, 5) is 25.5. The van der Waals surface area contributed by atoms with Gasteiger partial charge in [0.1, 0.15) is 5.69 Å². The summed E-state index contributed by atoms with van der Waals surface area (Å²) in [6.45, 7) is 0.303. The summed E-state index contributed by atoms with van der Waals surface area (Å²) in [5, 5.41) is 14.6. The van der Waals surface area contributed by atoms with Crippen molar-refractivity contribution in [3.63, 3.8) is 0 Å². The van der Waals surface area contributed by atoms with Crippen LogP contribution < -0.4 is 14.8 Å². The third kappa shape index (κ3) is 5.11. The Labute approximate surface area is 180 Å². The fourth-order valence-corrected chi connectivity index (χ4v) is 3.14. The number of methoxy groups -OCH3 is 2. The predicted molar refractivity (Wildman–Crippen MR) is 118 cm³/mol. The Morgan fingerprint density at radius 2 is 1.71 bits per heavy atom. The van der Waals surface area contributed by atoms with Crippen molar-refractivity contribution in [3.05, 3.63) is 88.0 Å². The van der Waals surface area contributed by atoms with E-state index in [0.717, 1.165) is 11.3 Å². The number of rotatable bonds is 8. The molecule has 0 radical (unpaired) electrons. The average Bonchev–Trinajstić information content (AvgIpc) is 2.79. The van der Waals surface area contributed by atoms with Crippen molar-refractivity contribution in [1.82, 2.24) is 4.90 Å². The zero-order chi connectivity index (χ0) is 22.4. The lowest BCUT2D eigenvalue weighted by Gasteiger charge is -2.19. The van der Waals surface area contributed by atoms with E-state index in [2.05, 4.69) is 5.32 Å². The highest BCUT2D eigenvalue weighted by Crippen LogP contribution is 2.30.